The molecule has 0 N–H and O–H groups in total. The number of nitrogens with zero attached hydrogens (tertiary/aromatic N) is 3. The lowest BCUT2D eigenvalue weighted by Crippen LogP contribution is -2.49. The Morgan fingerprint density at radius 2 is 1.79 bits per heavy atom. The van der Waals surface area contributed by atoms with E-state index in [1.54, 1.807) is 12.1 Å². The molecule has 1 aromatic carbocycles. The van der Waals surface area contributed by atoms with Crippen LogP contribution < -0.4 is 0 Å². The maximum atomic E-state index is 13.2. The molecular formula is C22H32FN3O2. The van der Waals surface area contributed by atoms with Gasteiger partial charge in [0.25, 0.3) is 0 Å². The van der Waals surface area contributed by atoms with E-state index in [2.05, 4.69) is 18.7 Å². The average molecular weight is 390 g/mol. The molecular weight excluding hydrogens is 357 g/mol. The predicted octanol–water partition coefficient (Wildman–Crippen LogP) is 2.90. The first-order valence-corrected chi connectivity index (χ1v) is 10.5. The fourth-order valence-electron chi connectivity index (χ4n) is 4.17. The largest absolute Gasteiger partial charge is 0.339 e. The van der Waals surface area contributed by atoms with E-state index >= 15 is 0 Å². The summed E-state index contributed by atoms with van der Waals surface area (Å²) in [6, 6.07) is 6.27. The van der Waals surface area contributed by atoms with Crippen molar-refractivity contribution < 1.29 is 14.0 Å². The van der Waals surface area contributed by atoms with Crippen LogP contribution in [-0.2, 0) is 16.1 Å². The van der Waals surface area contributed by atoms with E-state index in [-0.39, 0.29) is 29.6 Å². The van der Waals surface area contributed by atoms with Crippen LogP contribution in [0.1, 0.15) is 45.1 Å². The SMILES string of the molecule is CC(C)[C@H]1CN(C(=O)CN2CCCCC2)CCC(=O)N1Cc1ccc(F)cc1. The molecule has 0 aliphatic carbocycles. The van der Waals surface area contributed by atoms with Crippen molar-refractivity contribution in [3.8, 4) is 0 Å². The van der Waals surface area contributed by atoms with Crippen LogP contribution in [0.15, 0.2) is 24.3 Å². The van der Waals surface area contributed by atoms with E-state index in [1.807, 2.05) is 9.80 Å². The van der Waals surface area contributed by atoms with Crippen molar-refractivity contribution in [2.24, 2.45) is 5.92 Å². The summed E-state index contributed by atoms with van der Waals surface area (Å²) in [6.45, 7) is 8.12. The van der Waals surface area contributed by atoms with Gasteiger partial charge in [0.2, 0.25) is 11.8 Å². The molecule has 2 heterocycles. The number of likely N-dealkylation sites (tertiary alicyclic amines) is 1. The molecule has 154 valence electrons. The van der Waals surface area contributed by atoms with Gasteiger partial charge in [0.05, 0.1) is 12.6 Å². The second-order valence-corrected chi connectivity index (χ2v) is 8.39. The van der Waals surface area contributed by atoms with Crippen LogP contribution in [0.2, 0.25) is 0 Å². The van der Waals surface area contributed by atoms with Gasteiger partial charge in [0.1, 0.15) is 5.82 Å². The molecule has 2 aliphatic rings. The van der Waals surface area contributed by atoms with E-state index in [9.17, 15) is 14.0 Å². The van der Waals surface area contributed by atoms with Crippen LogP contribution in [-0.4, -0.2) is 65.3 Å². The van der Waals surface area contributed by atoms with Crippen molar-refractivity contribution in [1.29, 1.82) is 0 Å². The minimum Gasteiger partial charge on any atom is -0.339 e. The molecule has 0 radical (unpaired) electrons. The van der Waals surface area contributed by atoms with Crippen LogP contribution in [0.4, 0.5) is 4.39 Å². The van der Waals surface area contributed by atoms with E-state index in [0.29, 0.717) is 32.6 Å². The summed E-state index contributed by atoms with van der Waals surface area (Å²) in [6.07, 6.45) is 3.91. The summed E-state index contributed by atoms with van der Waals surface area (Å²) < 4.78 is 13.2. The van der Waals surface area contributed by atoms with Gasteiger partial charge in [-0.1, -0.05) is 32.4 Å². The highest BCUT2D eigenvalue weighted by Crippen LogP contribution is 2.21. The zero-order valence-electron chi connectivity index (χ0n) is 17.1. The Labute approximate surface area is 167 Å². The molecule has 0 unspecified atom stereocenters. The lowest BCUT2D eigenvalue weighted by molar-refractivity contribution is -0.135. The molecule has 2 aliphatic heterocycles. The Bertz CT molecular complexity index is 671. The van der Waals surface area contributed by atoms with Crippen LogP contribution in [0.5, 0.6) is 0 Å². The lowest BCUT2D eigenvalue weighted by atomic mass is 10.0. The van der Waals surface area contributed by atoms with Gasteiger partial charge in [-0.15, -0.1) is 0 Å². The number of hydrogen-bond donors (Lipinski definition) is 0. The predicted molar refractivity (Wildman–Crippen MR) is 107 cm³/mol. The number of rotatable bonds is 5. The van der Waals surface area contributed by atoms with Crippen molar-refractivity contribution in [2.75, 3.05) is 32.7 Å². The molecule has 28 heavy (non-hydrogen) atoms. The third-order valence-corrected chi connectivity index (χ3v) is 5.92. The molecule has 1 aromatic rings. The molecule has 2 fully saturated rings. The fourth-order valence-corrected chi connectivity index (χ4v) is 4.17. The first kappa shape index (κ1) is 20.8. The Kier molecular flexibility index (Phi) is 7.05. The van der Waals surface area contributed by atoms with Gasteiger partial charge in [-0.25, -0.2) is 4.39 Å². The van der Waals surface area contributed by atoms with E-state index in [1.165, 1.54) is 18.6 Å². The maximum absolute atomic E-state index is 13.2. The first-order valence-electron chi connectivity index (χ1n) is 10.5. The summed E-state index contributed by atoms with van der Waals surface area (Å²) in [7, 11) is 0. The average Bonchev–Trinajstić information content (AvgIpc) is 2.84. The molecule has 3 rings (SSSR count). The van der Waals surface area contributed by atoms with Gasteiger partial charge in [-0.3, -0.25) is 14.5 Å². The lowest BCUT2D eigenvalue weighted by Gasteiger charge is -2.35. The first-order chi connectivity index (χ1) is 13.4. The van der Waals surface area contributed by atoms with Gasteiger partial charge in [0.15, 0.2) is 0 Å². The summed E-state index contributed by atoms with van der Waals surface area (Å²) in [4.78, 5) is 31.8. The number of benzene rings is 1. The monoisotopic (exact) mass is 389 g/mol. The second kappa shape index (κ2) is 9.50. The highest BCUT2D eigenvalue weighted by molar-refractivity contribution is 5.81. The number of hydrogen-bond acceptors (Lipinski definition) is 3. The highest BCUT2D eigenvalue weighted by Gasteiger charge is 2.33. The standard InChI is InChI=1S/C22H32FN3O2/c1-17(2)20-15-25(22(28)16-24-11-4-3-5-12-24)13-10-21(27)26(20)14-18-6-8-19(23)9-7-18/h6-9,17,20H,3-5,10-16H2,1-2H3/t20-/m1/s1. The van der Waals surface area contributed by atoms with Crippen molar-refractivity contribution in [2.45, 2.75) is 52.1 Å². The number of amides is 2. The quantitative estimate of drug-likeness (QED) is 0.778. The van der Waals surface area contributed by atoms with Crippen molar-refractivity contribution in [3.05, 3.63) is 35.6 Å². The smallest absolute Gasteiger partial charge is 0.236 e. The van der Waals surface area contributed by atoms with Crippen LogP contribution in [0.25, 0.3) is 0 Å². The van der Waals surface area contributed by atoms with Crippen molar-refractivity contribution in [3.63, 3.8) is 0 Å². The molecule has 1 atom stereocenters. The van der Waals surface area contributed by atoms with Crippen LogP contribution >= 0.6 is 0 Å². The van der Waals surface area contributed by atoms with Gasteiger partial charge in [-0.2, -0.15) is 0 Å². The van der Waals surface area contributed by atoms with Gasteiger partial charge >= 0.3 is 0 Å². The summed E-state index contributed by atoms with van der Waals surface area (Å²) in [5.41, 5.74) is 0.911. The number of halogens is 1. The Hall–Kier alpha value is -1.95. The van der Waals surface area contributed by atoms with Crippen LogP contribution in [0, 0.1) is 11.7 Å². The molecule has 5 nitrogen and oxygen atoms in total. The van der Waals surface area contributed by atoms with E-state index in [0.717, 1.165) is 31.5 Å². The topological polar surface area (TPSA) is 43.9 Å². The number of piperidine rings is 1. The molecule has 0 spiro atoms. The van der Waals surface area contributed by atoms with Gasteiger partial charge in [-0.05, 0) is 49.5 Å². The molecule has 2 saturated heterocycles. The number of carbonyl (C=O) groups excluding carboxylic acids is 2. The third kappa shape index (κ3) is 5.31. The third-order valence-electron chi connectivity index (χ3n) is 5.92. The Morgan fingerprint density at radius 1 is 1.11 bits per heavy atom. The summed E-state index contributed by atoms with van der Waals surface area (Å²) in [5.74, 6) is 0.147. The number of carbonyl (C=O) groups is 2. The Morgan fingerprint density at radius 3 is 2.43 bits per heavy atom. The minimum absolute atomic E-state index is 0.0367. The minimum atomic E-state index is -0.277. The maximum Gasteiger partial charge on any atom is 0.236 e. The highest BCUT2D eigenvalue weighted by atomic mass is 19.1. The molecule has 0 aromatic heterocycles. The fraction of sp³-hybridized carbons (Fsp3) is 0.636. The van der Waals surface area contributed by atoms with Gasteiger partial charge in [0, 0.05) is 26.1 Å². The molecule has 0 bridgehead atoms. The second-order valence-electron chi connectivity index (χ2n) is 8.39. The van der Waals surface area contributed by atoms with Crippen molar-refractivity contribution in [1.82, 2.24) is 14.7 Å². The summed E-state index contributed by atoms with van der Waals surface area (Å²) >= 11 is 0. The van der Waals surface area contributed by atoms with E-state index < -0.39 is 0 Å². The molecule has 0 saturated carbocycles. The summed E-state index contributed by atoms with van der Waals surface area (Å²) in [5, 5.41) is 0. The Balaban J connectivity index is 1.69. The van der Waals surface area contributed by atoms with Gasteiger partial charge < -0.3 is 9.80 Å². The normalized spacial score (nSPS) is 21.9. The molecule has 2 amide bonds. The van der Waals surface area contributed by atoms with Crippen LogP contribution in [0.3, 0.4) is 0 Å². The van der Waals surface area contributed by atoms with E-state index in [4.69, 9.17) is 0 Å². The molecule has 6 heteroatoms. The van der Waals surface area contributed by atoms with Crippen molar-refractivity contribution >= 4 is 11.8 Å². The zero-order chi connectivity index (χ0) is 20.1. The zero-order valence-corrected chi connectivity index (χ0v) is 17.1.